The maximum Gasteiger partial charge on any atom is 0.326 e. The molecule has 0 aliphatic carbocycles. The van der Waals surface area contributed by atoms with E-state index in [1.54, 1.807) is 4.90 Å². The van der Waals surface area contributed by atoms with Crippen LogP contribution in [0.25, 0.3) is 0 Å². The Morgan fingerprint density at radius 3 is 2.70 bits per heavy atom. The number of carbonyl (C=O) groups excluding carboxylic acids is 1. The lowest BCUT2D eigenvalue weighted by molar-refractivity contribution is -0.155. The van der Waals surface area contributed by atoms with Crippen molar-refractivity contribution in [1.29, 1.82) is 0 Å². The number of rotatable bonds is 4. The van der Waals surface area contributed by atoms with Crippen molar-refractivity contribution in [3.63, 3.8) is 0 Å². The van der Waals surface area contributed by atoms with Gasteiger partial charge in [-0.05, 0) is 44.4 Å². The third-order valence-electron chi connectivity index (χ3n) is 4.46. The van der Waals surface area contributed by atoms with Gasteiger partial charge in [-0.2, -0.15) is 0 Å². The summed E-state index contributed by atoms with van der Waals surface area (Å²) in [7, 11) is 0. The highest BCUT2D eigenvalue weighted by molar-refractivity contribution is 5.84. The number of ether oxygens (including phenoxy) is 1. The predicted molar refractivity (Wildman–Crippen MR) is 74.4 cm³/mol. The summed E-state index contributed by atoms with van der Waals surface area (Å²) in [4.78, 5) is 25.2. The average molecular weight is 283 g/mol. The van der Waals surface area contributed by atoms with E-state index >= 15 is 0 Å². The molecule has 114 valence electrons. The van der Waals surface area contributed by atoms with Crippen LogP contribution in [0.1, 0.15) is 51.9 Å². The fourth-order valence-corrected chi connectivity index (χ4v) is 3.31. The summed E-state index contributed by atoms with van der Waals surface area (Å²) in [5.41, 5.74) is 0. The number of hydrogen-bond acceptors (Lipinski definition) is 3. The van der Waals surface area contributed by atoms with Crippen molar-refractivity contribution in [3.8, 4) is 0 Å². The Hall–Kier alpha value is -1.10. The SMILES string of the molecule is CC1CCCN(C(=O)CCC2CCCCO2)C1C(=O)O. The molecular weight excluding hydrogens is 258 g/mol. The molecule has 20 heavy (non-hydrogen) atoms. The van der Waals surface area contributed by atoms with Gasteiger partial charge in [0.2, 0.25) is 5.91 Å². The highest BCUT2D eigenvalue weighted by Crippen LogP contribution is 2.25. The molecule has 2 aliphatic rings. The molecule has 2 fully saturated rings. The van der Waals surface area contributed by atoms with Crippen LogP contribution in [0.5, 0.6) is 0 Å². The second kappa shape index (κ2) is 7.07. The number of carboxylic acids is 1. The van der Waals surface area contributed by atoms with Gasteiger partial charge in [-0.15, -0.1) is 0 Å². The van der Waals surface area contributed by atoms with E-state index in [0.717, 1.165) is 45.1 Å². The highest BCUT2D eigenvalue weighted by atomic mass is 16.5. The van der Waals surface area contributed by atoms with Crippen molar-refractivity contribution in [2.24, 2.45) is 5.92 Å². The molecule has 5 heteroatoms. The molecule has 2 rings (SSSR count). The van der Waals surface area contributed by atoms with Crippen LogP contribution in [-0.4, -0.2) is 47.2 Å². The van der Waals surface area contributed by atoms with Crippen LogP contribution in [0.15, 0.2) is 0 Å². The van der Waals surface area contributed by atoms with Crippen LogP contribution in [0.3, 0.4) is 0 Å². The van der Waals surface area contributed by atoms with Crippen molar-refractivity contribution < 1.29 is 19.4 Å². The Bertz CT molecular complexity index is 352. The number of carbonyl (C=O) groups is 2. The maximum absolute atomic E-state index is 12.3. The number of amides is 1. The van der Waals surface area contributed by atoms with Gasteiger partial charge in [-0.3, -0.25) is 4.79 Å². The van der Waals surface area contributed by atoms with Gasteiger partial charge >= 0.3 is 5.97 Å². The molecule has 2 saturated heterocycles. The third-order valence-corrected chi connectivity index (χ3v) is 4.46. The molecule has 0 radical (unpaired) electrons. The molecule has 0 saturated carbocycles. The zero-order chi connectivity index (χ0) is 14.5. The molecule has 2 aliphatic heterocycles. The number of nitrogens with zero attached hydrogens (tertiary/aromatic N) is 1. The van der Waals surface area contributed by atoms with Crippen LogP contribution >= 0.6 is 0 Å². The Morgan fingerprint density at radius 1 is 1.25 bits per heavy atom. The summed E-state index contributed by atoms with van der Waals surface area (Å²) in [6, 6.07) is -0.650. The lowest BCUT2D eigenvalue weighted by atomic mass is 9.90. The van der Waals surface area contributed by atoms with E-state index in [1.165, 1.54) is 0 Å². The van der Waals surface area contributed by atoms with E-state index in [0.29, 0.717) is 13.0 Å². The lowest BCUT2D eigenvalue weighted by Crippen LogP contribution is -2.52. The first-order chi connectivity index (χ1) is 9.59. The molecule has 1 amide bonds. The summed E-state index contributed by atoms with van der Waals surface area (Å²) >= 11 is 0. The summed E-state index contributed by atoms with van der Waals surface area (Å²) in [6.07, 6.45) is 6.37. The first-order valence-corrected chi connectivity index (χ1v) is 7.73. The zero-order valence-electron chi connectivity index (χ0n) is 12.2. The minimum atomic E-state index is -0.875. The van der Waals surface area contributed by atoms with E-state index in [9.17, 15) is 14.7 Å². The molecule has 0 spiro atoms. The van der Waals surface area contributed by atoms with Gasteiger partial charge in [0.15, 0.2) is 0 Å². The largest absolute Gasteiger partial charge is 0.480 e. The summed E-state index contributed by atoms with van der Waals surface area (Å²) in [6.45, 7) is 3.28. The minimum absolute atomic E-state index is 0.0295. The van der Waals surface area contributed by atoms with Gasteiger partial charge < -0.3 is 14.7 Å². The summed E-state index contributed by atoms with van der Waals surface area (Å²) in [5.74, 6) is -0.867. The number of hydrogen-bond donors (Lipinski definition) is 1. The molecule has 3 unspecified atom stereocenters. The minimum Gasteiger partial charge on any atom is -0.480 e. The van der Waals surface area contributed by atoms with Crippen LogP contribution in [0.2, 0.25) is 0 Å². The van der Waals surface area contributed by atoms with E-state index in [-0.39, 0.29) is 17.9 Å². The Kier molecular flexibility index (Phi) is 5.40. The monoisotopic (exact) mass is 283 g/mol. The van der Waals surface area contributed by atoms with Crippen LogP contribution in [0.4, 0.5) is 0 Å². The quantitative estimate of drug-likeness (QED) is 0.857. The Balaban J connectivity index is 1.87. The molecule has 0 aromatic heterocycles. The predicted octanol–water partition coefficient (Wildman–Crippen LogP) is 2.05. The van der Waals surface area contributed by atoms with Gasteiger partial charge in [0, 0.05) is 19.6 Å². The van der Waals surface area contributed by atoms with Crippen LogP contribution in [0, 0.1) is 5.92 Å². The third kappa shape index (κ3) is 3.72. The Morgan fingerprint density at radius 2 is 2.05 bits per heavy atom. The fraction of sp³-hybridized carbons (Fsp3) is 0.867. The lowest BCUT2D eigenvalue weighted by Gasteiger charge is -2.37. The average Bonchev–Trinajstić information content (AvgIpc) is 2.45. The molecule has 5 nitrogen and oxygen atoms in total. The van der Waals surface area contributed by atoms with Crippen LogP contribution in [-0.2, 0) is 14.3 Å². The first kappa shape index (κ1) is 15.3. The topological polar surface area (TPSA) is 66.8 Å². The normalized spacial score (nSPS) is 31.1. The van der Waals surface area contributed by atoms with E-state index in [1.807, 2.05) is 6.92 Å². The number of aliphatic carboxylic acids is 1. The second-order valence-corrected chi connectivity index (χ2v) is 6.02. The highest BCUT2D eigenvalue weighted by Gasteiger charge is 2.36. The molecule has 0 aromatic rings. The van der Waals surface area contributed by atoms with Crippen LogP contribution < -0.4 is 0 Å². The molecule has 1 N–H and O–H groups in total. The first-order valence-electron chi connectivity index (χ1n) is 7.73. The maximum atomic E-state index is 12.3. The van der Waals surface area contributed by atoms with Crippen molar-refractivity contribution in [2.75, 3.05) is 13.2 Å². The number of likely N-dealkylation sites (tertiary alicyclic amines) is 1. The molecule has 0 aromatic carbocycles. The van der Waals surface area contributed by atoms with E-state index in [4.69, 9.17) is 4.74 Å². The smallest absolute Gasteiger partial charge is 0.326 e. The van der Waals surface area contributed by atoms with Gasteiger partial charge in [0.25, 0.3) is 0 Å². The molecule has 0 bridgehead atoms. The Labute approximate surface area is 120 Å². The molecule has 3 atom stereocenters. The fourth-order valence-electron chi connectivity index (χ4n) is 3.31. The second-order valence-electron chi connectivity index (χ2n) is 6.02. The molecule has 2 heterocycles. The van der Waals surface area contributed by atoms with Crippen molar-refractivity contribution in [2.45, 2.75) is 64.0 Å². The van der Waals surface area contributed by atoms with Gasteiger partial charge in [-0.1, -0.05) is 6.92 Å². The molecular formula is C15H25NO4. The van der Waals surface area contributed by atoms with Gasteiger partial charge in [0.1, 0.15) is 6.04 Å². The number of carboxylic acid groups (broad SMARTS) is 1. The summed E-state index contributed by atoms with van der Waals surface area (Å²) in [5, 5.41) is 9.33. The zero-order valence-corrected chi connectivity index (χ0v) is 12.2. The van der Waals surface area contributed by atoms with Crippen molar-refractivity contribution in [1.82, 2.24) is 4.90 Å². The van der Waals surface area contributed by atoms with E-state index in [2.05, 4.69) is 0 Å². The summed E-state index contributed by atoms with van der Waals surface area (Å²) < 4.78 is 5.62. The van der Waals surface area contributed by atoms with Gasteiger partial charge in [0.05, 0.1) is 6.10 Å². The van der Waals surface area contributed by atoms with Crippen molar-refractivity contribution in [3.05, 3.63) is 0 Å². The van der Waals surface area contributed by atoms with Crippen molar-refractivity contribution >= 4 is 11.9 Å². The number of piperidine rings is 1. The van der Waals surface area contributed by atoms with E-state index < -0.39 is 12.0 Å². The standard InChI is InChI=1S/C15H25NO4/c1-11-5-4-9-16(14(11)15(18)19)13(17)8-7-12-6-2-3-10-20-12/h11-12,14H,2-10H2,1H3,(H,18,19). The van der Waals surface area contributed by atoms with Gasteiger partial charge in [-0.25, -0.2) is 4.79 Å².